The number of ketones is 1. The lowest BCUT2D eigenvalue weighted by Crippen LogP contribution is -2.37. The molecule has 21 heavy (non-hydrogen) atoms. The summed E-state index contributed by atoms with van der Waals surface area (Å²) in [6, 6.07) is 0.368. The third kappa shape index (κ3) is 2.74. The topological polar surface area (TPSA) is 55.2 Å². The maximum atomic E-state index is 12.8. The molecule has 3 rings (SSSR count). The van der Waals surface area contributed by atoms with Crippen molar-refractivity contribution in [1.82, 2.24) is 14.7 Å². The summed E-state index contributed by atoms with van der Waals surface area (Å²) in [5.74, 6) is 0.319. The lowest BCUT2D eigenvalue weighted by molar-refractivity contribution is -0.137. The van der Waals surface area contributed by atoms with Gasteiger partial charge in [-0.2, -0.15) is 5.10 Å². The molecule has 2 aliphatic rings. The number of hydrogen-bond acceptors (Lipinski definition) is 3. The van der Waals surface area contributed by atoms with Crippen molar-refractivity contribution in [2.45, 2.75) is 58.5 Å². The van der Waals surface area contributed by atoms with Crippen molar-refractivity contribution in [3.05, 3.63) is 17.0 Å². The number of rotatable bonds is 4. The van der Waals surface area contributed by atoms with Gasteiger partial charge in [0.15, 0.2) is 0 Å². The zero-order chi connectivity index (χ0) is 15.1. The van der Waals surface area contributed by atoms with Crippen LogP contribution in [0.3, 0.4) is 0 Å². The lowest BCUT2D eigenvalue weighted by atomic mass is 10.1. The van der Waals surface area contributed by atoms with Gasteiger partial charge >= 0.3 is 0 Å². The highest BCUT2D eigenvalue weighted by molar-refractivity contribution is 5.90. The molecule has 114 valence electrons. The highest BCUT2D eigenvalue weighted by atomic mass is 16.2. The Morgan fingerprint density at radius 1 is 1.33 bits per heavy atom. The van der Waals surface area contributed by atoms with E-state index in [4.69, 9.17) is 0 Å². The van der Waals surface area contributed by atoms with Crippen molar-refractivity contribution in [2.24, 2.45) is 13.0 Å². The first-order valence-corrected chi connectivity index (χ1v) is 7.78. The summed E-state index contributed by atoms with van der Waals surface area (Å²) in [7, 11) is 1.94. The van der Waals surface area contributed by atoms with Gasteiger partial charge in [-0.05, 0) is 33.1 Å². The molecule has 0 unspecified atom stereocenters. The van der Waals surface area contributed by atoms with Crippen LogP contribution in [0.1, 0.15) is 49.1 Å². The summed E-state index contributed by atoms with van der Waals surface area (Å²) < 4.78 is 1.87. The van der Waals surface area contributed by atoms with Crippen LogP contribution in [-0.2, 0) is 23.2 Å². The fourth-order valence-electron chi connectivity index (χ4n) is 3.25. The molecule has 2 aliphatic carbocycles. The Kier molecular flexibility index (Phi) is 3.59. The van der Waals surface area contributed by atoms with Crippen LogP contribution in [0.15, 0.2) is 0 Å². The quantitative estimate of drug-likeness (QED) is 0.850. The van der Waals surface area contributed by atoms with Crippen molar-refractivity contribution < 1.29 is 9.59 Å². The van der Waals surface area contributed by atoms with Gasteiger partial charge < -0.3 is 4.90 Å². The van der Waals surface area contributed by atoms with Crippen LogP contribution < -0.4 is 0 Å². The second kappa shape index (κ2) is 5.28. The van der Waals surface area contributed by atoms with Crippen LogP contribution in [0.4, 0.5) is 0 Å². The molecular weight excluding hydrogens is 266 g/mol. The van der Waals surface area contributed by atoms with Gasteiger partial charge in [0, 0.05) is 49.7 Å². The number of Topliss-reactive ketones (excluding diaryl/α,β-unsaturated/α-hetero) is 1. The van der Waals surface area contributed by atoms with E-state index in [0.717, 1.165) is 36.2 Å². The predicted octanol–water partition coefficient (Wildman–Crippen LogP) is 1.90. The SMILES string of the molecule is Cc1nn(C)c(C)c1CN(C(=O)[C@@H]1CCC(=O)C1)C1CC1. The van der Waals surface area contributed by atoms with Gasteiger partial charge in [0.05, 0.1) is 5.69 Å². The van der Waals surface area contributed by atoms with Gasteiger partial charge in [-0.15, -0.1) is 0 Å². The highest BCUT2D eigenvalue weighted by Gasteiger charge is 2.38. The fourth-order valence-corrected chi connectivity index (χ4v) is 3.25. The van der Waals surface area contributed by atoms with Crippen molar-refractivity contribution in [2.75, 3.05) is 0 Å². The largest absolute Gasteiger partial charge is 0.335 e. The van der Waals surface area contributed by atoms with Crippen molar-refractivity contribution >= 4 is 11.7 Å². The van der Waals surface area contributed by atoms with E-state index < -0.39 is 0 Å². The molecule has 0 aromatic carbocycles. The third-order valence-electron chi connectivity index (χ3n) is 4.85. The fraction of sp³-hybridized carbons (Fsp3) is 0.688. The van der Waals surface area contributed by atoms with Crippen LogP contribution in [-0.4, -0.2) is 32.4 Å². The summed E-state index contributed by atoms with van der Waals surface area (Å²) in [5, 5.41) is 4.44. The smallest absolute Gasteiger partial charge is 0.226 e. The summed E-state index contributed by atoms with van der Waals surface area (Å²) in [6.45, 7) is 4.68. The molecule has 1 aromatic rings. The van der Waals surface area contributed by atoms with Gasteiger partial charge in [0.25, 0.3) is 0 Å². The summed E-state index contributed by atoms with van der Waals surface area (Å²) in [6.07, 6.45) is 3.91. The average Bonchev–Trinajstić information content (AvgIpc) is 3.14. The molecule has 1 atom stereocenters. The number of amides is 1. The maximum absolute atomic E-state index is 12.8. The molecular formula is C16H23N3O2. The molecule has 0 aliphatic heterocycles. The minimum Gasteiger partial charge on any atom is -0.335 e. The van der Waals surface area contributed by atoms with Crippen LogP contribution in [0, 0.1) is 19.8 Å². The second-order valence-electron chi connectivity index (χ2n) is 6.45. The Morgan fingerprint density at radius 2 is 2.05 bits per heavy atom. The summed E-state index contributed by atoms with van der Waals surface area (Å²) in [5.41, 5.74) is 3.27. The molecule has 2 fully saturated rings. The monoisotopic (exact) mass is 289 g/mol. The van der Waals surface area contributed by atoms with E-state index in [1.165, 1.54) is 0 Å². The van der Waals surface area contributed by atoms with E-state index in [1.807, 2.05) is 30.5 Å². The first kappa shape index (κ1) is 14.3. The van der Waals surface area contributed by atoms with Crippen LogP contribution in [0.25, 0.3) is 0 Å². The molecule has 0 N–H and O–H groups in total. The maximum Gasteiger partial charge on any atom is 0.226 e. The van der Waals surface area contributed by atoms with Gasteiger partial charge in [-0.3, -0.25) is 14.3 Å². The first-order valence-electron chi connectivity index (χ1n) is 7.78. The number of aryl methyl sites for hydroxylation is 2. The van der Waals surface area contributed by atoms with Gasteiger partial charge in [0.1, 0.15) is 5.78 Å². The summed E-state index contributed by atoms with van der Waals surface area (Å²) in [4.78, 5) is 26.2. The number of carbonyl (C=O) groups excluding carboxylic acids is 2. The van der Waals surface area contributed by atoms with Gasteiger partial charge in [0.2, 0.25) is 5.91 Å². The summed E-state index contributed by atoms with van der Waals surface area (Å²) >= 11 is 0. The normalized spacial score (nSPS) is 21.9. The van der Waals surface area contributed by atoms with Crippen LogP contribution in [0.5, 0.6) is 0 Å². The molecule has 5 nitrogen and oxygen atoms in total. The van der Waals surface area contributed by atoms with E-state index in [0.29, 0.717) is 25.4 Å². The van der Waals surface area contributed by atoms with E-state index in [2.05, 4.69) is 5.10 Å². The average molecular weight is 289 g/mol. The minimum absolute atomic E-state index is 0.0876. The molecule has 5 heteroatoms. The number of aromatic nitrogens is 2. The zero-order valence-corrected chi connectivity index (χ0v) is 13.1. The lowest BCUT2D eigenvalue weighted by Gasteiger charge is -2.25. The molecule has 1 amide bonds. The first-order chi connectivity index (χ1) is 9.97. The van der Waals surface area contributed by atoms with Crippen molar-refractivity contribution in [3.8, 4) is 0 Å². The number of hydrogen-bond donors (Lipinski definition) is 0. The van der Waals surface area contributed by atoms with Gasteiger partial charge in [-0.1, -0.05) is 0 Å². The molecule has 1 aromatic heterocycles. The van der Waals surface area contributed by atoms with Crippen LogP contribution in [0.2, 0.25) is 0 Å². The van der Waals surface area contributed by atoms with E-state index in [9.17, 15) is 9.59 Å². The molecule has 2 saturated carbocycles. The molecule has 1 heterocycles. The van der Waals surface area contributed by atoms with E-state index >= 15 is 0 Å². The van der Waals surface area contributed by atoms with Gasteiger partial charge in [-0.25, -0.2) is 0 Å². The molecule has 0 saturated heterocycles. The molecule has 0 bridgehead atoms. The standard InChI is InChI=1S/C16H23N3O2/c1-10-15(11(2)18(3)17-10)9-19(13-5-6-13)16(21)12-4-7-14(20)8-12/h12-13H,4-9H2,1-3H3/t12-/m1/s1. The van der Waals surface area contributed by atoms with E-state index in [-0.39, 0.29) is 17.6 Å². The predicted molar refractivity (Wildman–Crippen MR) is 78.6 cm³/mol. The Hall–Kier alpha value is -1.65. The van der Waals surface area contributed by atoms with Crippen molar-refractivity contribution in [3.63, 3.8) is 0 Å². The third-order valence-corrected chi connectivity index (χ3v) is 4.85. The number of nitrogens with zero attached hydrogens (tertiary/aromatic N) is 3. The van der Waals surface area contributed by atoms with E-state index in [1.54, 1.807) is 0 Å². The Bertz CT molecular complexity index is 587. The highest BCUT2D eigenvalue weighted by Crippen LogP contribution is 2.33. The van der Waals surface area contributed by atoms with Crippen LogP contribution >= 0.6 is 0 Å². The minimum atomic E-state index is -0.0876. The molecule has 0 spiro atoms. The Labute approximate surface area is 125 Å². The zero-order valence-electron chi connectivity index (χ0n) is 13.1. The second-order valence-corrected chi connectivity index (χ2v) is 6.45. The Morgan fingerprint density at radius 3 is 2.52 bits per heavy atom. The van der Waals surface area contributed by atoms with Crippen molar-refractivity contribution in [1.29, 1.82) is 0 Å². The Balaban J connectivity index is 1.79. The number of carbonyl (C=O) groups is 2. The molecule has 0 radical (unpaired) electrons.